The van der Waals surface area contributed by atoms with Crippen LogP contribution < -0.4 is 10.1 Å². The van der Waals surface area contributed by atoms with Crippen molar-refractivity contribution >= 4 is 63.5 Å². The number of nitrogens with one attached hydrogen (secondary N) is 1. The quantitative estimate of drug-likeness (QED) is 0.395. The predicted octanol–water partition coefficient (Wildman–Crippen LogP) is 5.35. The number of anilines is 1. The Morgan fingerprint density at radius 2 is 2.15 bits per heavy atom. The van der Waals surface area contributed by atoms with Gasteiger partial charge in [0.25, 0.3) is 11.8 Å². The fraction of sp³-hybridized carbons (Fsp3) is 0.320. The Bertz CT molecular complexity index is 1160. The van der Waals surface area contributed by atoms with Crippen LogP contribution in [0, 0.1) is 13.8 Å². The summed E-state index contributed by atoms with van der Waals surface area (Å²) < 4.78 is 11.8. The highest BCUT2D eigenvalue weighted by Crippen LogP contribution is 2.35. The Morgan fingerprint density at radius 1 is 1.32 bits per heavy atom. The molecule has 178 valence electrons. The topological polar surface area (TPSA) is 67.9 Å². The van der Waals surface area contributed by atoms with E-state index in [2.05, 4.69) is 5.32 Å². The zero-order chi connectivity index (χ0) is 24.2. The van der Waals surface area contributed by atoms with E-state index in [-0.39, 0.29) is 24.5 Å². The molecule has 6 nitrogen and oxygen atoms in total. The predicted molar refractivity (Wildman–Crippen MR) is 140 cm³/mol. The summed E-state index contributed by atoms with van der Waals surface area (Å²) in [6.45, 7) is 4.99. The number of hydrogen-bond acceptors (Lipinski definition) is 6. The number of rotatable bonds is 7. The summed E-state index contributed by atoms with van der Waals surface area (Å²) in [4.78, 5) is 27.3. The first-order valence-electron chi connectivity index (χ1n) is 11.0. The SMILES string of the molecule is Cc1ccc(NC(=O)COc2ccc(/C=C3\SC(=S)N(C[C@H]4CCCO4)C3=O)cc2Cl)c(C)c1. The lowest BCUT2D eigenvalue weighted by molar-refractivity contribution is -0.123. The Morgan fingerprint density at radius 3 is 2.85 bits per heavy atom. The summed E-state index contributed by atoms with van der Waals surface area (Å²) in [5.74, 6) is -0.00689. The molecule has 4 rings (SSSR count). The van der Waals surface area contributed by atoms with Crippen LogP contribution in [-0.4, -0.2) is 46.9 Å². The molecule has 0 spiro atoms. The van der Waals surface area contributed by atoms with Crippen molar-refractivity contribution in [3.63, 3.8) is 0 Å². The van der Waals surface area contributed by atoms with Crippen LogP contribution in [0.1, 0.15) is 29.5 Å². The monoisotopic (exact) mass is 516 g/mol. The van der Waals surface area contributed by atoms with Crippen molar-refractivity contribution in [1.82, 2.24) is 4.90 Å². The lowest BCUT2D eigenvalue weighted by Gasteiger charge is -2.18. The van der Waals surface area contributed by atoms with Crippen molar-refractivity contribution in [2.45, 2.75) is 32.8 Å². The molecule has 2 aliphatic rings. The normalized spacial score (nSPS) is 19.2. The number of benzene rings is 2. The summed E-state index contributed by atoms with van der Waals surface area (Å²) in [5.41, 5.74) is 3.60. The molecule has 2 saturated heterocycles. The maximum absolute atomic E-state index is 12.8. The van der Waals surface area contributed by atoms with Crippen LogP contribution in [0.4, 0.5) is 5.69 Å². The van der Waals surface area contributed by atoms with Crippen molar-refractivity contribution in [2.75, 3.05) is 25.1 Å². The van der Waals surface area contributed by atoms with Crippen LogP contribution in [-0.2, 0) is 14.3 Å². The molecule has 0 radical (unpaired) electrons. The molecule has 2 heterocycles. The molecule has 0 saturated carbocycles. The van der Waals surface area contributed by atoms with E-state index in [1.165, 1.54) is 11.8 Å². The minimum atomic E-state index is -0.276. The molecular formula is C25H25ClN2O4S2. The second-order valence-corrected chi connectivity index (χ2v) is 10.4. The van der Waals surface area contributed by atoms with Gasteiger partial charge in [0, 0.05) is 12.3 Å². The van der Waals surface area contributed by atoms with Gasteiger partial charge in [-0.05, 0) is 62.1 Å². The highest BCUT2D eigenvalue weighted by atomic mass is 35.5. The Labute approximate surface area is 213 Å². The van der Waals surface area contributed by atoms with Crippen molar-refractivity contribution in [3.8, 4) is 5.75 Å². The average molecular weight is 517 g/mol. The van der Waals surface area contributed by atoms with Crippen molar-refractivity contribution < 1.29 is 19.1 Å². The van der Waals surface area contributed by atoms with E-state index >= 15 is 0 Å². The van der Waals surface area contributed by atoms with E-state index in [4.69, 9.17) is 33.3 Å². The van der Waals surface area contributed by atoms with Crippen molar-refractivity contribution in [1.29, 1.82) is 0 Å². The molecule has 9 heteroatoms. The standard InChI is InChI=1S/C25H25ClN2O4S2/c1-15-5-7-20(16(2)10-15)27-23(29)14-32-21-8-6-17(11-19(21)26)12-22-24(30)28(25(33)34-22)13-18-4-3-9-31-18/h5-8,10-12,18H,3-4,9,13-14H2,1-2H3,(H,27,29)/b22-12-/t18-/m1/s1. The second-order valence-electron chi connectivity index (χ2n) is 8.27. The molecule has 1 atom stereocenters. The number of carbonyl (C=O) groups is 2. The third-order valence-electron chi connectivity index (χ3n) is 5.55. The molecule has 2 aliphatic heterocycles. The fourth-order valence-corrected chi connectivity index (χ4v) is 5.33. The average Bonchev–Trinajstić information content (AvgIpc) is 3.39. The third-order valence-corrected chi connectivity index (χ3v) is 7.23. The number of thiocarbonyl (C=S) groups is 1. The van der Waals surface area contributed by atoms with Gasteiger partial charge in [-0.3, -0.25) is 14.5 Å². The summed E-state index contributed by atoms with van der Waals surface area (Å²) in [5, 5.41) is 3.19. The first-order valence-corrected chi connectivity index (χ1v) is 12.6. The molecule has 2 fully saturated rings. The molecule has 0 aliphatic carbocycles. The number of thioether (sulfide) groups is 1. The number of nitrogens with zero attached hydrogens (tertiary/aromatic N) is 1. The molecular weight excluding hydrogens is 492 g/mol. The second kappa shape index (κ2) is 10.9. The van der Waals surface area contributed by atoms with Gasteiger partial charge in [0.15, 0.2) is 6.61 Å². The lowest BCUT2D eigenvalue weighted by Crippen LogP contribution is -2.35. The summed E-state index contributed by atoms with van der Waals surface area (Å²) >= 11 is 13.1. The van der Waals surface area contributed by atoms with Crippen molar-refractivity contribution in [3.05, 3.63) is 63.0 Å². The number of halogens is 1. The third kappa shape index (κ3) is 5.99. The number of ether oxygens (including phenoxy) is 2. The summed E-state index contributed by atoms with van der Waals surface area (Å²) in [6.07, 6.45) is 3.75. The zero-order valence-corrected chi connectivity index (χ0v) is 21.3. The fourth-order valence-electron chi connectivity index (χ4n) is 3.81. The minimum Gasteiger partial charge on any atom is -0.482 e. The molecule has 0 bridgehead atoms. The van der Waals surface area contributed by atoms with Crippen LogP contribution in [0.2, 0.25) is 5.02 Å². The maximum Gasteiger partial charge on any atom is 0.266 e. The van der Waals surface area contributed by atoms with Crippen LogP contribution in [0.3, 0.4) is 0 Å². The van der Waals surface area contributed by atoms with E-state index in [1.807, 2.05) is 32.0 Å². The minimum absolute atomic E-state index is 0.0415. The smallest absolute Gasteiger partial charge is 0.266 e. The van der Waals surface area contributed by atoms with E-state index in [0.29, 0.717) is 26.5 Å². The first-order chi connectivity index (χ1) is 16.3. The van der Waals surface area contributed by atoms with Crippen molar-refractivity contribution in [2.24, 2.45) is 0 Å². The van der Waals surface area contributed by atoms with Crippen LogP contribution in [0.5, 0.6) is 5.75 Å². The Kier molecular flexibility index (Phi) is 7.93. The molecule has 2 aromatic rings. The highest BCUT2D eigenvalue weighted by molar-refractivity contribution is 8.26. The molecule has 2 aromatic carbocycles. The lowest BCUT2D eigenvalue weighted by atomic mass is 10.1. The van der Waals surface area contributed by atoms with E-state index < -0.39 is 0 Å². The zero-order valence-electron chi connectivity index (χ0n) is 18.9. The molecule has 2 amide bonds. The molecule has 34 heavy (non-hydrogen) atoms. The van der Waals surface area contributed by atoms with E-state index in [0.717, 1.165) is 41.8 Å². The van der Waals surface area contributed by atoms with Gasteiger partial charge in [-0.2, -0.15) is 0 Å². The van der Waals surface area contributed by atoms with Gasteiger partial charge in [-0.25, -0.2) is 0 Å². The number of amides is 2. The van der Waals surface area contributed by atoms with Gasteiger partial charge in [-0.1, -0.05) is 59.3 Å². The largest absolute Gasteiger partial charge is 0.482 e. The Balaban J connectivity index is 1.36. The van der Waals surface area contributed by atoms with Gasteiger partial charge >= 0.3 is 0 Å². The van der Waals surface area contributed by atoms with Crippen LogP contribution in [0.25, 0.3) is 6.08 Å². The van der Waals surface area contributed by atoms with Gasteiger partial charge in [0.2, 0.25) is 0 Å². The van der Waals surface area contributed by atoms with E-state index in [1.54, 1.807) is 29.2 Å². The van der Waals surface area contributed by atoms with Crippen LogP contribution in [0.15, 0.2) is 41.3 Å². The van der Waals surface area contributed by atoms with Crippen LogP contribution >= 0.6 is 35.6 Å². The molecule has 1 N–H and O–H groups in total. The maximum atomic E-state index is 12.8. The van der Waals surface area contributed by atoms with Gasteiger partial charge in [-0.15, -0.1) is 0 Å². The summed E-state index contributed by atoms with van der Waals surface area (Å²) in [7, 11) is 0. The van der Waals surface area contributed by atoms with Gasteiger partial charge in [0.05, 0.1) is 22.6 Å². The van der Waals surface area contributed by atoms with Gasteiger partial charge in [0.1, 0.15) is 10.1 Å². The van der Waals surface area contributed by atoms with E-state index in [9.17, 15) is 9.59 Å². The molecule has 0 aromatic heterocycles. The number of aryl methyl sites for hydroxylation is 2. The Hall–Kier alpha value is -2.39. The number of carbonyl (C=O) groups excluding carboxylic acids is 2. The first kappa shape index (κ1) is 24.7. The molecule has 0 unspecified atom stereocenters. The number of hydrogen-bond donors (Lipinski definition) is 1. The van der Waals surface area contributed by atoms with Gasteiger partial charge < -0.3 is 14.8 Å². The summed E-state index contributed by atoms with van der Waals surface area (Å²) in [6, 6.07) is 11.0. The highest BCUT2D eigenvalue weighted by Gasteiger charge is 2.34.